The molecular formula is C18H12F4N2OS. The SMILES string of the molecule is Cc1cc(Oc2ccc(F)cc2F)nc(SCc2ccc(F)cc2F)n1. The number of hydrogen-bond acceptors (Lipinski definition) is 4. The molecule has 0 amide bonds. The quantitative estimate of drug-likeness (QED) is 0.336. The van der Waals surface area contributed by atoms with Gasteiger partial charge in [0.25, 0.3) is 0 Å². The van der Waals surface area contributed by atoms with Crippen LogP contribution in [0, 0.1) is 30.2 Å². The number of rotatable bonds is 5. The highest BCUT2D eigenvalue weighted by molar-refractivity contribution is 7.98. The fraction of sp³-hybridized carbons (Fsp3) is 0.111. The maximum atomic E-state index is 13.7. The van der Waals surface area contributed by atoms with Gasteiger partial charge in [0.05, 0.1) is 0 Å². The third kappa shape index (κ3) is 4.51. The summed E-state index contributed by atoms with van der Waals surface area (Å²) in [6.07, 6.45) is 0. The molecule has 2 aromatic carbocycles. The third-order valence-electron chi connectivity index (χ3n) is 3.29. The largest absolute Gasteiger partial charge is 0.436 e. The molecule has 3 rings (SSSR count). The Morgan fingerprint density at radius 1 is 0.885 bits per heavy atom. The van der Waals surface area contributed by atoms with E-state index in [0.29, 0.717) is 17.3 Å². The van der Waals surface area contributed by atoms with Gasteiger partial charge in [-0.1, -0.05) is 17.8 Å². The Kier molecular flexibility index (Phi) is 5.41. The standard InChI is InChI=1S/C18H12F4N2OS/c1-10-6-17(25-16-5-4-13(20)8-15(16)22)24-18(23-10)26-9-11-2-3-12(19)7-14(11)21/h2-8H,9H2,1H3. The molecule has 0 radical (unpaired) electrons. The lowest BCUT2D eigenvalue weighted by Gasteiger charge is -2.08. The Bertz CT molecular complexity index is 952. The molecule has 0 fully saturated rings. The second-order valence-electron chi connectivity index (χ2n) is 5.33. The minimum Gasteiger partial charge on any atom is -0.436 e. The summed E-state index contributed by atoms with van der Waals surface area (Å²) < 4.78 is 58.6. The average Bonchev–Trinajstić information content (AvgIpc) is 2.56. The molecule has 0 aliphatic rings. The molecule has 0 atom stereocenters. The summed E-state index contributed by atoms with van der Waals surface area (Å²) in [4.78, 5) is 8.32. The van der Waals surface area contributed by atoms with Crippen molar-refractivity contribution in [3.05, 3.63) is 77.0 Å². The Labute approximate surface area is 151 Å². The van der Waals surface area contributed by atoms with Crippen LogP contribution in [0.2, 0.25) is 0 Å². The molecule has 1 aromatic heterocycles. The molecule has 0 bridgehead atoms. The molecular weight excluding hydrogens is 368 g/mol. The van der Waals surface area contributed by atoms with Gasteiger partial charge in [-0.15, -0.1) is 0 Å². The van der Waals surface area contributed by atoms with Gasteiger partial charge in [-0.2, -0.15) is 4.98 Å². The topological polar surface area (TPSA) is 35.0 Å². The normalized spacial score (nSPS) is 10.8. The second-order valence-corrected chi connectivity index (χ2v) is 6.27. The van der Waals surface area contributed by atoms with Gasteiger partial charge in [-0.3, -0.25) is 0 Å². The lowest BCUT2D eigenvalue weighted by atomic mass is 10.2. The lowest BCUT2D eigenvalue weighted by Crippen LogP contribution is -1.97. The fourth-order valence-corrected chi connectivity index (χ4v) is 2.96. The van der Waals surface area contributed by atoms with E-state index < -0.39 is 23.3 Å². The van der Waals surface area contributed by atoms with Crippen LogP contribution in [-0.4, -0.2) is 9.97 Å². The van der Waals surface area contributed by atoms with Crippen LogP contribution in [0.5, 0.6) is 11.6 Å². The Balaban J connectivity index is 1.77. The number of hydrogen-bond donors (Lipinski definition) is 0. The summed E-state index contributed by atoms with van der Waals surface area (Å²) in [5, 5.41) is 0.284. The molecule has 0 spiro atoms. The summed E-state index contributed by atoms with van der Waals surface area (Å²) in [7, 11) is 0. The molecule has 0 aliphatic heterocycles. The molecule has 0 N–H and O–H groups in total. The average molecular weight is 380 g/mol. The number of thioether (sulfide) groups is 1. The van der Waals surface area contributed by atoms with Crippen molar-refractivity contribution in [2.75, 3.05) is 0 Å². The highest BCUT2D eigenvalue weighted by atomic mass is 32.2. The highest BCUT2D eigenvalue weighted by Crippen LogP contribution is 2.27. The van der Waals surface area contributed by atoms with Crippen molar-refractivity contribution in [1.82, 2.24) is 9.97 Å². The van der Waals surface area contributed by atoms with Crippen LogP contribution in [0.1, 0.15) is 11.3 Å². The van der Waals surface area contributed by atoms with E-state index in [4.69, 9.17) is 4.74 Å². The number of ether oxygens (including phenoxy) is 1. The van der Waals surface area contributed by atoms with Gasteiger partial charge in [0.1, 0.15) is 17.5 Å². The number of aromatic nitrogens is 2. The van der Waals surface area contributed by atoms with Crippen molar-refractivity contribution in [1.29, 1.82) is 0 Å². The van der Waals surface area contributed by atoms with Crippen LogP contribution in [0.3, 0.4) is 0 Å². The van der Waals surface area contributed by atoms with E-state index in [1.807, 2.05) is 0 Å². The number of benzene rings is 2. The van der Waals surface area contributed by atoms with E-state index in [9.17, 15) is 17.6 Å². The summed E-state index contributed by atoms with van der Waals surface area (Å²) in [5.74, 6) is -2.81. The first-order valence-electron chi connectivity index (χ1n) is 7.46. The van der Waals surface area contributed by atoms with Crippen LogP contribution in [0.25, 0.3) is 0 Å². The van der Waals surface area contributed by atoms with E-state index in [2.05, 4.69) is 9.97 Å². The van der Waals surface area contributed by atoms with Crippen LogP contribution in [0.4, 0.5) is 17.6 Å². The smallest absolute Gasteiger partial charge is 0.223 e. The fourth-order valence-electron chi connectivity index (χ4n) is 2.08. The van der Waals surface area contributed by atoms with E-state index >= 15 is 0 Å². The minimum absolute atomic E-state index is 0.0742. The molecule has 0 saturated heterocycles. The maximum Gasteiger partial charge on any atom is 0.223 e. The molecule has 0 saturated carbocycles. The molecule has 26 heavy (non-hydrogen) atoms. The van der Waals surface area contributed by atoms with Gasteiger partial charge in [0.15, 0.2) is 16.7 Å². The predicted octanol–water partition coefficient (Wildman–Crippen LogP) is 5.43. The van der Waals surface area contributed by atoms with Gasteiger partial charge < -0.3 is 4.74 Å². The van der Waals surface area contributed by atoms with Crippen molar-refractivity contribution in [2.24, 2.45) is 0 Å². The van der Waals surface area contributed by atoms with Crippen molar-refractivity contribution in [3.8, 4) is 11.6 Å². The van der Waals surface area contributed by atoms with Gasteiger partial charge in [-0.25, -0.2) is 22.5 Å². The van der Waals surface area contributed by atoms with Gasteiger partial charge in [0.2, 0.25) is 5.88 Å². The number of aryl methyl sites for hydroxylation is 1. The van der Waals surface area contributed by atoms with Crippen molar-refractivity contribution < 1.29 is 22.3 Å². The van der Waals surface area contributed by atoms with E-state index in [-0.39, 0.29) is 22.5 Å². The van der Waals surface area contributed by atoms with E-state index in [0.717, 1.165) is 30.0 Å². The van der Waals surface area contributed by atoms with Crippen LogP contribution < -0.4 is 4.74 Å². The molecule has 8 heteroatoms. The third-order valence-corrected chi connectivity index (χ3v) is 4.19. The molecule has 3 nitrogen and oxygen atoms in total. The number of halogens is 4. The first kappa shape index (κ1) is 18.2. The number of nitrogens with zero attached hydrogens (tertiary/aromatic N) is 2. The predicted molar refractivity (Wildman–Crippen MR) is 89.1 cm³/mol. The van der Waals surface area contributed by atoms with Crippen LogP contribution in [0.15, 0.2) is 47.6 Å². The van der Waals surface area contributed by atoms with Gasteiger partial charge >= 0.3 is 0 Å². The van der Waals surface area contributed by atoms with Crippen molar-refractivity contribution in [2.45, 2.75) is 17.8 Å². The summed E-state index contributed by atoms with van der Waals surface area (Å²) in [6, 6.07) is 7.74. The first-order valence-corrected chi connectivity index (χ1v) is 8.44. The Morgan fingerprint density at radius 2 is 1.58 bits per heavy atom. The maximum absolute atomic E-state index is 13.7. The summed E-state index contributed by atoms with van der Waals surface area (Å²) in [6.45, 7) is 1.69. The highest BCUT2D eigenvalue weighted by Gasteiger charge is 2.11. The minimum atomic E-state index is -0.858. The zero-order valence-electron chi connectivity index (χ0n) is 13.5. The monoisotopic (exact) mass is 380 g/mol. The van der Waals surface area contributed by atoms with Crippen molar-refractivity contribution >= 4 is 11.8 Å². The van der Waals surface area contributed by atoms with E-state index in [1.54, 1.807) is 6.92 Å². The zero-order valence-corrected chi connectivity index (χ0v) is 14.3. The Morgan fingerprint density at radius 3 is 2.27 bits per heavy atom. The van der Waals surface area contributed by atoms with Crippen LogP contribution >= 0.6 is 11.8 Å². The Hall–Kier alpha value is -2.61. The molecule has 0 aliphatic carbocycles. The lowest BCUT2D eigenvalue weighted by molar-refractivity contribution is 0.418. The van der Waals surface area contributed by atoms with Crippen molar-refractivity contribution in [3.63, 3.8) is 0 Å². The molecule has 0 unspecified atom stereocenters. The van der Waals surface area contributed by atoms with Gasteiger partial charge in [-0.05, 0) is 30.7 Å². The molecule has 1 heterocycles. The van der Waals surface area contributed by atoms with Gasteiger partial charge in [0, 0.05) is 29.6 Å². The molecule has 3 aromatic rings. The zero-order chi connectivity index (χ0) is 18.7. The first-order chi connectivity index (χ1) is 12.4. The summed E-state index contributed by atoms with van der Waals surface area (Å²) in [5.41, 5.74) is 0.855. The molecule has 134 valence electrons. The second kappa shape index (κ2) is 7.74. The van der Waals surface area contributed by atoms with E-state index in [1.165, 1.54) is 18.2 Å². The summed E-state index contributed by atoms with van der Waals surface area (Å²) >= 11 is 1.12. The van der Waals surface area contributed by atoms with Crippen LogP contribution in [-0.2, 0) is 5.75 Å².